The molecule has 2 aromatic heterocycles. The summed E-state index contributed by atoms with van der Waals surface area (Å²) in [6, 6.07) is 16.5. The van der Waals surface area contributed by atoms with E-state index in [2.05, 4.69) is 39.9 Å². The average molecular weight is 324 g/mol. The topological polar surface area (TPSA) is 34.1 Å². The number of nitrogens with one attached hydrogen (secondary N) is 1. The summed E-state index contributed by atoms with van der Waals surface area (Å²) in [5.74, 6) is 0.897. The first-order valence-corrected chi connectivity index (χ1v) is 8.60. The van der Waals surface area contributed by atoms with Crippen molar-refractivity contribution < 1.29 is 4.74 Å². The summed E-state index contributed by atoms with van der Waals surface area (Å²) in [6.07, 6.45) is 4.64. The summed E-state index contributed by atoms with van der Waals surface area (Å²) in [4.78, 5) is 5.33. The SMILES string of the molecule is CNCC[C@@H](Oc1cccc(-c2ccncc2)c1)c1cccs1. The molecule has 3 aromatic rings. The van der Waals surface area contributed by atoms with E-state index in [4.69, 9.17) is 4.74 Å². The molecule has 3 nitrogen and oxygen atoms in total. The van der Waals surface area contributed by atoms with Gasteiger partial charge in [0.2, 0.25) is 0 Å². The van der Waals surface area contributed by atoms with Crippen LogP contribution in [0.1, 0.15) is 17.4 Å². The molecule has 0 radical (unpaired) electrons. The molecule has 2 heterocycles. The maximum atomic E-state index is 6.28. The molecule has 0 saturated heterocycles. The Balaban J connectivity index is 1.80. The second-order valence-electron chi connectivity index (χ2n) is 5.28. The number of ether oxygens (including phenoxy) is 1. The third kappa shape index (κ3) is 4.18. The predicted molar refractivity (Wildman–Crippen MR) is 95.9 cm³/mol. The first-order chi connectivity index (χ1) is 11.4. The number of hydrogen-bond donors (Lipinski definition) is 1. The van der Waals surface area contributed by atoms with E-state index < -0.39 is 0 Å². The standard InChI is InChI=1S/C19H20N2OS/c1-20-10-9-18(19-6-3-13-23-19)22-17-5-2-4-16(14-17)15-7-11-21-12-8-15/h2-8,11-14,18,20H,9-10H2,1H3/t18-/m1/s1. The van der Waals surface area contributed by atoms with Crippen LogP contribution in [0.15, 0.2) is 66.3 Å². The summed E-state index contributed by atoms with van der Waals surface area (Å²) in [5, 5.41) is 5.30. The molecular weight excluding hydrogens is 304 g/mol. The van der Waals surface area contributed by atoms with Gasteiger partial charge in [0, 0.05) is 23.7 Å². The fraction of sp³-hybridized carbons (Fsp3) is 0.211. The van der Waals surface area contributed by atoms with Crippen molar-refractivity contribution in [2.45, 2.75) is 12.5 Å². The van der Waals surface area contributed by atoms with E-state index in [1.54, 1.807) is 11.3 Å². The highest BCUT2D eigenvalue weighted by molar-refractivity contribution is 7.10. The number of rotatable bonds is 7. The van der Waals surface area contributed by atoms with Crippen LogP contribution in [-0.2, 0) is 0 Å². The third-order valence-electron chi connectivity index (χ3n) is 3.64. The van der Waals surface area contributed by atoms with Crippen LogP contribution in [0.4, 0.5) is 0 Å². The Labute approximate surface area is 141 Å². The smallest absolute Gasteiger partial charge is 0.134 e. The predicted octanol–water partition coefficient (Wildman–Crippen LogP) is 4.54. The van der Waals surface area contributed by atoms with Crippen molar-refractivity contribution in [3.8, 4) is 16.9 Å². The lowest BCUT2D eigenvalue weighted by Crippen LogP contribution is -2.15. The molecule has 0 saturated carbocycles. The van der Waals surface area contributed by atoms with E-state index in [0.29, 0.717) is 0 Å². The van der Waals surface area contributed by atoms with Crippen molar-refractivity contribution in [3.63, 3.8) is 0 Å². The lowest BCUT2D eigenvalue weighted by molar-refractivity contribution is 0.199. The number of thiophene rings is 1. The minimum atomic E-state index is 0.0788. The van der Waals surface area contributed by atoms with Crippen molar-refractivity contribution in [2.24, 2.45) is 0 Å². The number of aromatic nitrogens is 1. The van der Waals surface area contributed by atoms with Gasteiger partial charge >= 0.3 is 0 Å². The molecule has 0 amide bonds. The summed E-state index contributed by atoms with van der Waals surface area (Å²) in [6.45, 7) is 0.923. The van der Waals surface area contributed by atoms with E-state index in [1.165, 1.54) is 4.88 Å². The molecule has 0 spiro atoms. The van der Waals surface area contributed by atoms with Gasteiger partial charge in [-0.2, -0.15) is 0 Å². The largest absolute Gasteiger partial charge is 0.485 e. The Morgan fingerprint density at radius 2 is 1.96 bits per heavy atom. The molecule has 1 N–H and O–H groups in total. The number of hydrogen-bond acceptors (Lipinski definition) is 4. The van der Waals surface area contributed by atoms with Crippen molar-refractivity contribution in [2.75, 3.05) is 13.6 Å². The van der Waals surface area contributed by atoms with Crippen molar-refractivity contribution in [1.82, 2.24) is 10.3 Å². The second-order valence-corrected chi connectivity index (χ2v) is 6.26. The molecule has 0 aliphatic rings. The Morgan fingerprint density at radius 3 is 2.70 bits per heavy atom. The first kappa shape index (κ1) is 15.7. The summed E-state index contributed by atoms with van der Waals surface area (Å²) in [5.41, 5.74) is 2.29. The van der Waals surface area contributed by atoms with Crippen LogP contribution in [0.2, 0.25) is 0 Å². The van der Waals surface area contributed by atoms with Gasteiger partial charge in [-0.25, -0.2) is 0 Å². The van der Waals surface area contributed by atoms with Gasteiger partial charge in [0.05, 0.1) is 0 Å². The molecule has 118 valence electrons. The van der Waals surface area contributed by atoms with Crippen LogP contribution in [0.3, 0.4) is 0 Å². The van der Waals surface area contributed by atoms with Gasteiger partial charge in [-0.3, -0.25) is 4.98 Å². The van der Waals surface area contributed by atoms with E-state index in [1.807, 2.05) is 43.7 Å². The molecule has 0 fully saturated rings. The molecule has 23 heavy (non-hydrogen) atoms. The molecule has 0 bridgehead atoms. The van der Waals surface area contributed by atoms with Crippen LogP contribution in [-0.4, -0.2) is 18.6 Å². The van der Waals surface area contributed by atoms with Gasteiger partial charge in [-0.15, -0.1) is 11.3 Å². The van der Waals surface area contributed by atoms with E-state index >= 15 is 0 Å². The summed E-state index contributed by atoms with van der Waals surface area (Å²) < 4.78 is 6.28. The molecular formula is C19H20N2OS. The van der Waals surface area contributed by atoms with Crippen LogP contribution in [0.5, 0.6) is 5.75 Å². The van der Waals surface area contributed by atoms with Crippen LogP contribution in [0, 0.1) is 0 Å². The monoisotopic (exact) mass is 324 g/mol. The number of nitrogens with zero attached hydrogens (tertiary/aromatic N) is 1. The lowest BCUT2D eigenvalue weighted by atomic mass is 10.1. The zero-order valence-electron chi connectivity index (χ0n) is 13.1. The van der Waals surface area contributed by atoms with Gasteiger partial charge in [-0.1, -0.05) is 18.2 Å². The zero-order chi connectivity index (χ0) is 15.9. The van der Waals surface area contributed by atoms with E-state index in [0.717, 1.165) is 29.8 Å². The first-order valence-electron chi connectivity index (χ1n) is 7.72. The normalized spacial score (nSPS) is 12.0. The van der Waals surface area contributed by atoms with E-state index in [-0.39, 0.29) is 6.10 Å². The van der Waals surface area contributed by atoms with Gasteiger partial charge < -0.3 is 10.1 Å². The highest BCUT2D eigenvalue weighted by Gasteiger charge is 2.14. The highest BCUT2D eigenvalue weighted by atomic mass is 32.1. The molecule has 0 aliphatic heterocycles. The number of benzene rings is 1. The molecule has 1 atom stereocenters. The third-order valence-corrected chi connectivity index (χ3v) is 4.61. The van der Waals surface area contributed by atoms with Gasteiger partial charge in [-0.05, 0) is 60.4 Å². The fourth-order valence-corrected chi connectivity index (χ4v) is 3.26. The Bertz CT molecular complexity index is 713. The molecule has 0 aliphatic carbocycles. The molecule has 3 rings (SSSR count). The average Bonchev–Trinajstić information content (AvgIpc) is 3.14. The molecule has 0 unspecified atom stereocenters. The maximum absolute atomic E-state index is 6.28. The van der Waals surface area contributed by atoms with Crippen molar-refractivity contribution in [1.29, 1.82) is 0 Å². The highest BCUT2D eigenvalue weighted by Crippen LogP contribution is 2.30. The molecule has 4 heteroatoms. The Kier molecular flexibility index (Phi) is 5.40. The quantitative estimate of drug-likeness (QED) is 0.693. The van der Waals surface area contributed by atoms with Gasteiger partial charge in [0.15, 0.2) is 0 Å². The van der Waals surface area contributed by atoms with E-state index in [9.17, 15) is 0 Å². The fourth-order valence-electron chi connectivity index (χ4n) is 2.47. The maximum Gasteiger partial charge on any atom is 0.134 e. The Morgan fingerprint density at radius 1 is 1.09 bits per heavy atom. The van der Waals surface area contributed by atoms with Crippen molar-refractivity contribution >= 4 is 11.3 Å². The summed E-state index contributed by atoms with van der Waals surface area (Å²) in [7, 11) is 1.97. The second kappa shape index (κ2) is 7.90. The zero-order valence-corrected chi connectivity index (χ0v) is 13.9. The minimum absolute atomic E-state index is 0.0788. The number of pyridine rings is 1. The minimum Gasteiger partial charge on any atom is -0.485 e. The summed E-state index contributed by atoms with van der Waals surface area (Å²) >= 11 is 1.74. The lowest BCUT2D eigenvalue weighted by Gasteiger charge is -2.18. The van der Waals surface area contributed by atoms with Gasteiger partial charge in [0.1, 0.15) is 11.9 Å². The Hall–Kier alpha value is -2.17. The van der Waals surface area contributed by atoms with Crippen LogP contribution < -0.4 is 10.1 Å². The van der Waals surface area contributed by atoms with Gasteiger partial charge in [0.25, 0.3) is 0 Å². The van der Waals surface area contributed by atoms with Crippen molar-refractivity contribution in [3.05, 3.63) is 71.2 Å². The van der Waals surface area contributed by atoms with Crippen LogP contribution >= 0.6 is 11.3 Å². The molecule has 1 aromatic carbocycles. The van der Waals surface area contributed by atoms with Crippen LogP contribution in [0.25, 0.3) is 11.1 Å².